The molecule has 0 saturated heterocycles. The van der Waals surface area contributed by atoms with Crippen molar-refractivity contribution in [1.29, 1.82) is 0 Å². The molecular formula is C17H24N2O3. The van der Waals surface area contributed by atoms with Gasteiger partial charge in [0.15, 0.2) is 0 Å². The van der Waals surface area contributed by atoms with Gasteiger partial charge in [0.1, 0.15) is 6.04 Å². The fourth-order valence-corrected chi connectivity index (χ4v) is 2.99. The number of alkyl carbamates (subject to hydrolysis) is 1. The minimum atomic E-state index is -0.604. The maximum Gasteiger partial charge on any atom is 0.407 e. The second-order valence-corrected chi connectivity index (χ2v) is 6.53. The van der Waals surface area contributed by atoms with Crippen LogP contribution in [0.4, 0.5) is 4.79 Å². The molecule has 2 amide bonds. The van der Waals surface area contributed by atoms with E-state index in [-0.39, 0.29) is 17.4 Å². The van der Waals surface area contributed by atoms with Gasteiger partial charge in [-0.1, -0.05) is 38.1 Å². The summed E-state index contributed by atoms with van der Waals surface area (Å²) in [6.45, 7) is 5.83. The lowest BCUT2D eigenvalue weighted by Crippen LogP contribution is -2.56. The lowest BCUT2D eigenvalue weighted by molar-refractivity contribution is -0.125. The highest BCUT2D eigenvalue weighted by atomic mass is 16.5. The third-order valence-electron chi connectivity index (χ3n) is 4.11. The fraction of sp³-hybridized carbons (Fsp3) is 0.529. The fourth-order valence-electron chi connectivity index (χ4n) is 2.99. The predicted molar refractivity (Wildman–Crippen MR) is 84.6 cm³/mol. The molecule has 0 aromatic heterocycles. The summed E-state index contributed by atoms with van der Waals surface area (Å²) >= 11 is 0. The van der Waals surface area contributed by atoms with E-state index in [9.17, 15) is 9.59 Å². The van der Waals surface area contributed by atoms with Crippen molar-refractivity contribution in [3.05, 3.63) is 35.4 Å². The Kier molecular flexibility index (Phi) is 4.74. The van der Waals surface area contributed by atoms with E-state index in [1.165, 1.54) is 18.2 Å². The SMILES string of the molecule is COC(=O)NC(C(=O)NC1(C)Cc2ccccc2C1)C(C)C. The molecule has 0 heterocycles. The number of nitrogens with one attached hydrogen (secondary N) is 2. The van der Waals surface area contributed by atoms with Crippen LogP contribution in [-0.4, -0.2) is 30.7 Å². The van der Waals surface area contributed by atoms with E-state index in [0.29, 0.717) is 0 Å². The number of rotatable bonds is 4. The Bertz CT molecular complexity index is 544. The van der Waals surface area contributed by atoms with Crippen LogP contribution in [0.15, 0.2) is 24.3 Å². The van der Waals surface area contributed by atoms with Crippen molar-refractivity contribution in [2.24, 2.45) is 5.92 Å². The zero-order chi connectivity index (χ0) is 16.3. The van der Waals surface area contributed by atoms with Crippen molar-refractivity contribution in [2.45, 2.75) is 45.2 Å². The third kappa shape index (κ3) is 3.59. The molecule has 120 valence electrons. The summed E-state index contributed by atoms with van der Waals surface area (Å²) in [6.07, 6.45) is 1.02. The Morgan fingerprint density at radius 1 is 1.18 bits per heavy atom. The molecule has 0 spiro atoms. The van der Waals surface area contributed by atoms with Gasteiger partial charge in [0, 0.05) is 5.54 Å². The van der Waals surface area contributed by atoms with Gasteiger partial charge in [-0.3, -0.25) is 4.79 Å². The van der Waals surface area contributed by atoms with Crippen molar-refractivity contribution in [3.63, 3.8) is 0 Å². The zero-order valence-electron chi connectivity index (χ0n) is 13.6. The lowest BCUT2D eigenvalue weighted by Gasteiger charge is -2.29. The van der Waals surface area contributed by atoms with Gasteiger partial charge in [0.05, 0.1) is 7.11 Å². The molecule has 0 aliphatic heterocycles. The molecule has 1 aromatic rings. The van der Waals surface area contributed by atoms with E-state index < -0.39 is 12.1 Å². The van der Waals surface area contributed by atoms with E-state index in [0.717, 1.165) is 12.8 Å². The van der Waals surface area contributed by atoms with Gasteiger partial charge in [0.2, 0.25) is 5.91 Å². The highest BCUT2D eigenvalue weighted by Crippen LogP contribution is 2.29. The molecule has 1 aliphatic carbocycles. The van der Waals surface area contributed by atoms with Crippen LogP contribution < -0.4 is 10.6 Å². The molecule has 1 atom stereocenters. The van der Waals surface area contributed by atoms with Crippen molar-refractivity contribution in [1.82, 2.24) is 10.6 Å². The Hall–Kier alpha value is -2.04. The third-order valence-corrected chi connectivity index (χ3v) is 4.11. The minimum absolute atomic E-state index is 0.0218. The number of carbonyl (C=O) groups is 2. The van der Waals surface area contributed by atoms with Crippen molar-refractivity contribution in [3.8, 4) is 0 Å². The molecule has 1 aromatic carbocycles. The highest BCUT2D eigenvalue weighted by Gasteiger charge is 2.36. The highest BCUT2D eigenvalue weighted by molar-refractivity contribution is 5.86. The van der Waals surface area contributed by atoms with E-state index in [4.69, 9.17) is 0 Å². The first-order valence-electron chi connectivity index (χ1n) is 7.58. The predicted octanol–water partition coefficient (Wildman–Crippen LogP) is 2.04. The smallest absolute Gasteiger partial charge is 0.407 e. The number of fused-ring (bicyclic) bond motifs is 1. The topological polar surface area (TPSA) is 67.4 Å². The van der Waals surface area contributed by atoms with Gasteiger partial charge in [-0.05, 0) is 36.8 Å². The van der Waals surface area contributed by atoms with E-state index in [1.807, 2.05) is 32.9 Å². The number of methoxy groups -OCH3 is 1. The van der Waals surface area contributed by atoms with Crippen LogP contribution in [0.1, 0.15) is 31.9 Å². The Morgan fingerprint density at radius 3 is 2.18 bits per heavy atom. The first-order chi connectivity index (χ1) is 10.3. The number of hydrogen-bond donors (Lipinski definition) is 2. The van der Waals surface area contributed by atoms with Gasteiger partial charge < -0.3 is 15.4 Å². The van der Waals surface area contributed by atoms with Gasteiger partial charge in [-0.15, -0.1) is 0 Å². The maximum absolute atomic E-state index is 12.6. The Labute approximate surface area is 131 Å². The van der Waals surface area contributed by atoms with Crippen LogP contribution in [0.3, 0.4) is 0 Å². The van der Waals surface area contributed by atoms with Gasteiger partial charge >= 0.3 is 6.09 Å². The van der Waals surface area contributed by atoms with Gasteiger partial charge in [-0.2, -0.15) is 0 Å². The molecule has 5 heteroatoms. The van der Waals surface area contributed by atoms with Crippen molar-refractivity contribution in [2.75, 3.05) is 7.11 Å². The van der Waals surface area contributed by atoms with E-state index >= 15 is 0 Å². The molecule has 2 rings (SSSR count). The molecule has 0 radical (unpaired) electrons. The van der Waals surface area contributed by atoms with Crippen LogP contribution in [0.2, 0.25) is 0 Å². The van der Waals surface area contributed by atoms with Crippen molar-refractivity contribution < 1.29 is 14.3 Å². The second kappa shape index (κ2) is 6.38. The van der Waals surface area contributed by atoms with E-state index in [1.54, 1.807) is 0 Å². The first-order valence-corrected chi connectivity index (χ1v) is 7.58. The van der Waals surface area contributed by atoms with Gasteiger partial charge in [-0.25, -0.2) is 4.79 Å². The van der Waals surface area contributed by atoms with Crippen LogP contribution in [-0.2, 0) is 22.4 Å². The molecule has 1 unspecified atom stereocenters. The lowest BCUT2D eigenvalue weighted by atomic mass is 9.96. The Morgan fingerprint density at radius 2 is 1.73 bits per heavy atom. The molecular weight excluding hydrogens is 280 g/mol. The van der Waals surface area contributed by atoms with Crippen LogP contribution in [0, 0.1) is 5.92 Å². The summed E-state index contributed by atoms with van der Waals surface area (Å²) in [7, 11) is 1.29. The number of hydrogen-bond acceptors (Lipinski definition) is 3. The summed E-state index contributed by atoms with van der Waals surface area (Å²) in [5.74, 6) is -0.192. The average molecular weight is 304 g/mol. The van der Waals surface area contributed by atoms with Crippen LogP contribution in [0.25, 0.3) is 0 Å². The summed E-state index contributed by atoms with van der Waals surface area (Å²) in [6, 6.07) is 7.62. The average Bonchev–Trinajstić information content (AvgIpc) is 2.79. The number of benzene rings is 1. The quantitative estimate of drug-likeness (QED) is 0.894. The second-order valence-electron chi connectivity index (χ2n) is 6.53. The van der Waals surface area contributed by atoms with Crippen LogP contribution >= 0.6 is 0 Å². The molecule has 5 nitrogen and oxygen atoms in total. The summed E-state index contributed by atoms with van der Waals surface area (Å²) in [5, 5.41) is 5.71. The summed E-state index contributed by atoms with van der Waals surface area (Å²) < 4.78 is 4.60. The van der Waals surface area contributed by atoms with Crippen LogP contribution in [0.5, 0.6) is 0 Å². The minimum Gasteiger partial charge on any atom is -0.453 e. The van der Waals surface area contributed by atoms with E-state index in [2.05, 4.69) is 27.5 Å². The van der Waals surface area contributed by atoms with Gasteiger partial charge in [0.25, 0.3) is 0 Å². The maximum atomic E-state index is 12.6. The zero-order valence-corrected chi connectivity index (χ0v) is 13.6. The first kappa shape index (κ1) is 16.3. The largest absolute Gasteiger partial charge is 0.453 e. The van der Waals surface area contributed by atoms with Crippen molar-refractivity contribution >= 4 is 12.0 Å². The summed E-state index contributed by atoms with van der Waals surface area (Å²) in [5.41, 5.74) is 2.23. The number of ether oxygens (including phenoxy) is 1. The number of carbonyl (C=O) groups excluding carboxylic acids is 2. The molecule has 2 N–H and O–H groups in total. The summed E-state index contributed by atoms with van der Waals surface area (Å²) in [4.78, 5) is 24.0. The molecule has 22 heavy (non-hydrogen) atoms. The molecule has 1 aliphatic rings. The standard InChI is InChI=1S/C17H24N2O3/c1-11(2)14(18-16(21)22-4)15(20)19-17(3)9-12-7-5-6-8-13(12)10-17/h5-8,11,14H,9-10H2,1-4H3,(H,18,21)(H,19,20). The molecule has 0 bridgehead atoms. The Balaban J connectivity index is 2.06. The monoisotopic (exact) mass is 304 g/mol. The normalized spacial score (nSPS) is 16.8. The number of amides is 2. The molecule has 0 fully saturated rings. The molecule has 0 saturated carbocycles.